The number of carbonyl (C=O) groups is 1. The standard InChI is InChI=1S/C20H19FN2O2/c1-14-18(15-6-2-3-7-16(15)25-14)19(24)23-12-9-20(21,10-13-23)17-8-4-5-11-22-17/h2-8,11H,9-10,12-13H2,1H3. The van der Waals surface area contributed by atoms with Gasteiger partial charge in [-0.05, 0) is 25.1 Å². The molecular formula is C20H19FN2O2. The second kappa shape index (κ2) is 5.99. The van der Waals surface area contributed by atoms with Gasteiger partial charge in [0.05, 0.1) is 11.3 Å². The van der Waals surface area contributed by atoms with Gasteiger partial charge in [0, 0.05) is 37.5 Å². The van der Waals surface area contributed by atoms with E-state index in [0.717, 1.165) is 5.39 Å². The summed E-state index contributed by atoms with van der Waals surface area (Å²) in [6.07, 6.45) is 2.12. The second-order valence-electron chi connectivity index (χ2n) is 6.50. The van der Waals surface area contributed by atoms with Crippen LogP contribution in [-0.4, -0.2) is 28.9 Å². The van der Waals surface area contributed by atoms with Crippen molar-refractivity contribution >= 4 is 16.9 Å². The molecule has 3 aromatic rings. The number of carbonyl (C=O) groups excluding carboxylic acids is 1. The largest absolute Gasteiger partial charge is 0.461 e. The minimum absolute atomic E-state index is 0.0921. The number of aromatic nitrogens is 1. The van der Waals surface area contributed by atoms with Crippen LogP contribution in [0.25, 0.3) is 11.0 Å². The van der Waals surface area contributed by atoms with Crippen LogP contribution in [0, 0.1) is 6.92 Å². The monoisotopic (exact) mass is 338 g/mol. The molecule has 0 N–H and O–H groups in total. The van der Waals surface area contributed by atoms with Gasteiger partial charge in [-0.1, -0.05) is 24.3 Å². The van der Waals surface area contributed by atoms with E-state index < -0.39 is 5.67 Å². The highest BCUT2D eigenvalue weighted by Crippen LogP contribution is 2.36. The zero-order valence-corrected chi connectivity index (χ0v) is 14.0. The molecule has 0 radical (unpaired) electrons. The van der Waals surface area contributed by atoms with Gasteiger partial charge in [-0.15, -0.1) is 0 Å². The molecular weight excluding hydrogens is 319 g/mol. The molecule has 0 bridgehead atoms. The van der Waals surface area contributed by atoms with Gasteiger partial charge in [-0.25, -0.2) is 4.39 Å². The Labute approximate surface area is 145 Å². The average Bonchev–Trinajstić information content (AvgIpc) is 2.98. The molecule has 1 fully saturated rings. The number of aryl methyl sites for hydroxylation is 1. The van der Waals surface area contributed by atoms with Crippen LogP contribution in [-0.2, 0) is 5.67 Å². The van der Waals surface area contributed by atoms with Gasteiger partial charge >= 0.3 is 0 Å². The molecule has 128 valence electrons. The fourth-order valence-corrected chi connectivity index (χ4v) is 3.54. The van der Waals surface area contributed by atoms with Gasteiger partial charge in [-0.2, -0.15) is 0 Å². The fourth-order valence-electron chi connectivity index (χ4n) is 3.54. The zero-order chi connectivity index (χ0) is 17.4. The number of halogens is 1. The van der Waals surface area contributed by atoms with Crippen LogP contribution in [0.1, 0.15) is 34.7 Å². The summed E-state index contributed by atoms with van der Waals surface area (Å²) in [7, 11) is 0. The van der Waals surface area contributed by atoms with Crippen molar-refractivity contribution in [2.45, 2.75) is 25.4 Å². The van der Waals surface area contributed by atoms with E-state index in [1.165, 1.54) is 0 Å². The molecule has 0 atom stereocenters. The lowest BCUT2D eigenvalue weighted by molar-refractivity contribution is 0.0403. The molecule has 4 rings (SSSR count). The summed E-state index contributed by atoms with van der Waals surface area (Å²) in [5, 5.41) is 0.812. The fraction of sp³-hybridized carbons (Fsp3) is 0.300. The van der Waals surface area contributed by atoms with E-state index in [9.17, 15) is 4.79 Å². The highest BCUT2D eigenvalue weighted by atomic mass is 19.1. The molecule has 0 spiro atoms. The van der Waals surface area contributed by atoms with Crippen molar-refractivity contribution in [2.75, 3.05) is 13.1 Å². The van der Waals surface area contributed by atoms with Gasteiger partial charge in [0.2, 0.25) is 0 Å². The minimum atomic E-state index is -1.47. The Morgan fingerprint density at radius 3 is 2.60 bits per heavy atom. The van der Waals surface area contributed by atoms with Gasteiger partial charge in [0.15, 0.2) is 5.67 Å². The topological polar surface area (TPSA) is 46.3 Å². The third-order valence-corrected chi connectivity index (χ3v) is 4.95. The Morgan fingerprint density at radius 1 is 1.16 bits per heavy atom. The number of para-hydroxylation sites is 1. The van der Waals surface area contributed by atoms with E-state index in [1.807, 2.05) is 24.3 Å². The number of alkyl halides is 1. The summed E-state index contributed by atoms with van der Waals surface area (Å²) in [5.41, 5.74) is 0.270. The van der Waals surface area contributed by atoms with Crippen molar-refractivity contribution in [3.8, 4) is 0 Å². The van der Waals surface area contributed by atoms with Crippen molar-refractivity contribution < 1.29 is 13.6 Å². The summed E-state index contributed by atoms with van der Waals surface area (Å²) < 4.78 is 20.9. The number of hydrogen-bond donors (Lipinski definition) is 0. The molecule has 5 heteroatoms. The number of likely N-dealkylation sites (tertiary alicyclic amines) is 1. The molecule has 0 saturated carbocycles. The maximum absolute atomic E-state index is 15.2. The van der Waals surface area contributed by atoms with Crippen LogP contribution in [0.4, 0.5) is 4.39 Å². The SMILES string of the molecule is Cc1oc2ccccc2c1C(=O)N1CCC(F)(c2ccccn2)CC1. The first-order valence-electron chi connectivity index (χ1n) is 8.46. The first-order chi connectivity index (χ1) is 12.1. The number of amides is 1. The number of hydrogen-bond acceptors (Lipinski definition) is 3. The van der Waals surface area contributed by atoms with E-state index >= 15 is 4.39 Å². The maximum Gasteiger partial charge on any atom is 0.258 e. The predicted octanol–water partition coefficient (Wildman–Crippen LogP) is 4.24. The molecule has 3 heterocycles. The van der Waals surface area contributed by atoms with E-state index in [-0.39, 0.29) is 18.7 Å². The predicted molar refractivity (Wildman–Crippen MR) is 93.1 cm³/mol. The van der Waals surface area contributed by atoms with Crippen molar-refractivity contribution in [1.29, 1.82) is 0 Å². The number of rotatable bonds is 2. The van der Waals surface area contributed by atoms with Gasteiger partial charge in [0.1, 0.15) is 11.3 Å². The van der Waals surface area contributed by atoms with E-state index in [2.05, 4.69) is 4.98 Å². The van der Waals surface area contributed by atoms with Crippen molar-refractivity contribution in [1.82, 2.24) is 9.88 Å². The average molecular weight is 338 g/mol. The second-order valence-corrected chi connectivity index (χ2v) is 6.50. The Balaban J connectivity index is 1.56. The van der Waals surface area contributed by atoms with E-state index in [1.54, 1.807) is 36.2 Å². The van der Waals surface area contributed by atoms with Gasteiger partial charge in [0.25, 0.3) is 5.91 Å². The Bertz CT molecular complexity index is 912. The molecule has 4 nitrogen and oxygen atoms in total. The lowest BCUT2D eigenvalue weighted by atomic mass is 9.89. The summed E-state index contributed by atoms with van der Waals surface area (Å²) in [6, 6.07) is 12.8. The maximum atomic E-state index is 15.2. The van der Waals surface area contributed by atoms with Crippen molar-refractivity contribution in [2.24, 2.45) is 0 Å². The van der Waals surface area contributed by atoms with Crippen LogP contribution in [0.15, 0.2) is 53.1 Å². The highest BCUT2D eigenvalue weighted by Gasteiger charge is 2.39. The molecule has 0 aliphatic carbocycles. The molecule has 1 aliphatic rings. The number of nitrogens with zero attached hydrogens (tertiary/aromatic N) is 2. The molecule has 1 aliphatic heterocycles. The van der Waals surface area contributed by atoms with Gasteiger partial charge in [-0.3, -0.25) is 9.78 Å². The minimum Gasteiger partial charge on any atom is -0.461 e. The van der Waals surface area contributed by atoms with E-state index in [0.29, 0.717) is 35.7 Å². The third kappa shape index (κ3) is 2.69. The van der Waals surface area contributed by atoms with Crippen LogP contribution in [0.2, 0.25) is 0 Å². The van der Waals surface area contributed by atoms with Crippen LogP contribution in [0.5, 0.6) is 0 Å². The normalized spacial score (nSPS) is 17.0. The lowest BCUT2D eigenvalue weighted by Gasteiger charge is -2.36. The van der Waals surface area contributed by atoms with Crippen LogP contribution < -0.4 is 0 Å². The molecule has 25 heavy (non-hydrogen) atoms. The summed E-state index contributed by atoms with van der Waals surface area (Å²) in [6.45, 7) is 2.53. The smallest absolute Gasteiger partial charge is 0.258 e. The number of fused-ring (bicyclic) bond motifs is 1. The van der Waals surface area contributed by atoms with Crippen molar-refractivity contribution in [3.05, 3.63) is 65.7 Å². The number of piperidine rings is 1. The summed E-state index contributed by atoms with van der Waals surface area (Å²) >= 11 is 0. The molecule has 2 aromatic heterocycles. The Kier molecular flexibility index (Phi) is 3.79. The molecule has 0 unspecified atom stereocenters. The van der Waals surface area contributed by atoms with Crippen LogP contribution >= 0.6 is 0 Å². The lowest BCUT2D eigenvalue weighted by Crippen LogP contribution is -2.43. The zero-order valence-electron chi connectivity index (χ0n) is 14.0. The molecule has 1 aromatic carbocycles. The molecule has 1 saturated heterocycles. The number of furan rings is 1. The Hall–Kier alpha value is -2.69. The third-order valence-electron chi connectivity index (χ3n) is 4.95. The highest BCUT2D eigenvalue weighted by molar-refractivity contribution is 6.07. The first kappa shape index (κ1) is 15.8. The Morgan fingerprint density at radius 2 is 1.88 bits per heavy atom. The number of pyridine rings is 1. The molecule has 1 amide bonds. The first-order valence-corrected chi connectivity index (χ1v) is 8.46. The summed E-state index contributed by atoms with van der Waals surface area (Å²) in [4.78, 5) is 18.8. The number of benzene rings is 1. The van der Waals surface area contributed by atoms with Crippen LogP contribution in [0.3, 0.4) is 0 Å². The van der Waals surface area contributed by atoms with E-state index in [4.69, 9.17) is 4.42 Å². The van der Waals surface area contributed by atoms with Gasteiger partial charge < -0.3 is 9.32 Å². The summed E-state index contributed by atoms with van der Waals surface area (Å²) in [5.74, 6) is 0.513. The van der Waals surface area contributed by atoms with Crippen molar-refractivity contribution in [3.63, 3.8) is 0 Å². The quantitative estimate of drug-likeness (QED) is 0.702.